The van der Waals surface area contributed by atoms with Gasteiger partial charge in [0.2, 0.25) is 0 Å². The predicted molar refractivity (Wildman–Crippen MR) is 95.4 cm³/mol. The van der Waals surface area contributed by atoms with Crippen molar-refractivity contribution in [2.75, 3.05) is 20.7 Å². The molecule has 1 aromatic carbocycles. The third-order valence-electron chi connectivity index (χ3n) is 3.80. The van der Waals surface area contributed by atoms with E-state index in [4.69, 9.17) is 4.74 Å². The number of nitrogens with one attached hydrogen (secondary N) is 1. The summed E-state index contributed by atoms with van der Waals surface area (Å²) in [5.74, 6) is 0.868. The first-order chi connectivity index (χ1) is 11.0. The lowest BCUT2D eigenvalue weighted by Gasteiger charge is -2.18. The van der Waals surface area contributed by atoms with Gasteiger partial charge in [0.25, 0.3) is 0 Å². The first-order valence-electron chi connectivity index (χ1n) is 7.66. The van der Waals surface area contributed by atoms with Crippen LogP contribution in [0.25, 0.3) is 0 Å². The maximum atomic E-state index is 12.2. The molecule has 1 aromatic heterocycles. The lowest BCUT2D eigenvalue weighted by molar-refractivity contribution is 0.207. The molecule has 0 atom stereocenters. The fraction of sp³-hybridized carbons (Fsp3) is 0.389. The molecule has 4 nitrogen and oxygen atoms in total. The van der Waals surface area contributed by atoms with Crippen LogP contribution < -0.4 is 10.1 Å². The van der Waals surface area contributed by atoms with E-state index in [2.05, 4.69) is 36.7 Å². The molecule has 2 rings (SSSR count). The van der Waals surface area contributed by atoms with E-state index in [1.54, 1.807) is 23.3 Å². The van der Waals surface area contributed by atoms with Gasteiger partial charge in [-0.3, -0.25) is 0 Å². The number of carbonyl (C=O) groups is 1. The Kier molecular flexibility index (Phi) is 6.04. The standard InChI is InChI=1S/C18H24N2O2S/c1-13-5-6-16(22-4)15(11-13)7-9-19-18(21)20(3)12-17-14(2)8-10-23-17/h5-6,8,10-11H,7,9,12H2,1-4H3,(H,19,21). The average Bonchev–Trinajstić information content (AvgIpc) is 2.92. The normalized spacial score (nSPS) is 10.4. The quantitative estimate of drug-likeness (QED) is 0.875. The molecule has 0 bridgehead atoms. The van der Waals surface area contributed by atoms with Gasteiger partial charge in [-0.05, 0) is 48.9 Å². The molecule has 2 aromatic rings. The first kappa shape index (κ1) is 17.3. The SMILES string of the molecule is COc1ccc(C)cc1CCNC(=O)N(C)Cc1sccc1C. The van der Waals surface area contributed by atoms with Crippen LogP contribution >= 0.6 is 11.3 Å². The second-order valence-electron chi connectivity index (χ2n) is 5.68. The molecule has 0 fully saturated rings. The Hall–Kier alpha value is -2.01. The number of ether oxygens (including phenoxy) is 1. The van der Waals surface area contributed by atoms with Crippen molar-refractivity contribution in [1.82, 2.24) is 10.2 Å². The number of carbonyl (C=O) groups excluding carboxylic acids is 1. The van der Waals surface area contributed by atoms with E-state index in [0.29, 0.717) is 13.1 Å². The summed E-state index contributed by atoms with van der Waals surface area (Å²) in [6.45, 7) is 5.36. The van der Waals surface area contributed by atoms with E-state index in [1.807, 2.05) is 19.2 Å². The summed E-state index contributed by atoms with van der Waals surface area (Å²) in [6.07, 6.45) is 0.752. The number of hydrogen-bond donors (Lipinski definition) is 1. The largest absolute Gasteiger partial charge is 0.496 e. The number of hydrogen-bond acceptors (Lipinski definition) is 3. The van der Waals surface area contributed by atoms with Gasteiger partial charge >= 0.3 is 6.03 Å². The summed E-state index contributed by atoms with van der Waals surface area (Å²) in [6, 6.07) is 8.12. The van der Waals surface area contributed by atoms with Crippen LogP contribution in [0.3, 0.4) is 0 Å². The summed E-state index contributed by atoms with van der Waals surface area (Å²) >= 11 is 1.68. The zero-order chi connectivity index (χ0) is 16.8. The number of rotatable bonds is 6. The fourth-order valence-corrected chi connectivity index (χ4v) is 3.35. The number of nitrogens with zero attached hydrogens (tertiary/aromatic N) is 1. The van der Waals surface area contributed by atoms with Gasteiger partial charge in [-0.25, -0.2) is 4.79 Å². The Morgan fingerprint density at radius 1 is 1.30 bits per heavy atom. The molecule has 0 aliphatic heterocycles. The Labute approximate surface area is 142 Å². The van der Waals surface area contributed by atoms with Crippen LogP contribution in [0.4, 0.5) is 4.79 Å². The molecule has 124 valence electrons. The van der Waals surface area contributed by atoms with Crippen molar-refractivity contribution < 1.29 is 9.53 Å². The summed E-state index contributed by atoms with van der Waals surface area (Å²) in [5, 5.41) is 5.03. The first-order valence-corrected chi connectivity index (χ1v) is 8.54. The maximum absolute atomic E-state index is 12.2. The van der Waals surface area contributed by atoms with E-state index < -0.39 is 0 Å². The average molecular weight is 332 g/mol. The van der Waals surface area contributed by atoms with Crippen LogP contribution in [-0.2, 0) is 13.0 Å². The van der Waals surface area contributed by atoms with Crippen LogP contribution in [0.2, 0.25) is 0 Å². The summed E-state index contributed by atoms with van der Waals surface area (Å²) in [4.78, 5) is 15.1. The van der Waals surface area contributed by atoms with Crippen molar-refractivity contribution in [2.24, 2.45) is 0 Å². The smallest absolute Gasteiger partial charge is 0.317 e. The van der Waals surface area contributed by atoms with Crippen molar-refractivity contribution in [3.8, 4) is 5.75 Å². The molecule has 0 spiro atoms. The van der Waals surface area contributed by atoms with Gasteiger partial charge in [0.15, 0.2) is 0 Å². The number of aryl methyl sites for hydroxylation is 2. The Morgan fingerprint density at radius 3 is 2.74 bits per heavy atom. The topological polar surface area (TPSA) is 41.6 Å². The van der Waals surface area contributed by atoms with Crippen molar-refractivity contribution in [3.63, 3.8) is 0 Å². The zero-order valence-electron chi connectivity index (χ0n) is 14.2. The molecule has 0 saturated heterocycles. The second kappa shape index (κ2) is 8.02. The van der Waals surface area contributed by atoms with Crippen LogP contribution in [0, 0.1) is 13.8 Å². The molecule has 5 heteroatoms. The van der Waals surface area contributed by atoms with Crippen LogP contribution in [-0.4, -0.2) is 31.6 Å². The highest BCUT2D eigenvalue weighted by Gasteiger charge is 2.11. The molecule has 0 saturated carbocycles. The highest BCUT2D eigenvalue weighted by Crippen LogP contribution is 2.20. The highest BCUT2D eigenvalue weighted by molar-refractivity contribution is 7.10. The highest BCUT2D eigenvalue weighted by atomic mass is 32.1. The number of benzene rings is 1. The van der Waals surface area contributed by atoms with Crippen LogP contribution in [0.15, 0.2) is 29.6 Å². The minimum Gasteiger partial charge on any atom is -0.496 e. The third kappa shape index (κ3) is 4.73. The molecule has 0 unspecified atom stereocenters. The molecule has 1 heterocycles. The molecular formula is C18H24N2O2S. The minimum atomic E-state index is -0.0515. The third-order valence-corrected chi connectivity index (χ3v) is 4.81. The van der Waals surface area contributed by atoms with Crippen molar-refractivity contribution >= 4 is 17.4 Å². The predicted octanol–water partition coefficient (Wildman–Crippen LogP) is 3.76. The molecule has 1 N–H and O–H groups in total. The lowest BCUT2D eigenvalue weighted by atomic mass is 10.1. The van der Waals surface area contributed by atoms with Crippen LogP contribution in [0.5, 0.6) is 5.75 Å². The van der Waals surface area contributed by atoms with Crippen molar-refractivity contribution in [1.29, 1.82) is 0 Å². The lowest BCUT2D eigenvalue weighted by Crippen LogP contribution is -2.37. The number of amides is 2. The number of urea groups is 1. The molecule has 0 aliphatic carbocycles. The Balaban J connectivity index is 1.85. The minimum absolute atomic E-state index is 0.0515. The van der Waals surface area contributed by atoms with Gasteiger partial charge in [0.05, 0.1) is 13.7 Å². The Bertz CT molecular complexity index is 667. The van der Waals surface area contributed by atoms with E-state index in [1.165, 1.54) is 16.0 Å². The number of methoxy groups -OCH3 is 1. The van der Waals surface area contributed by atoms with Crippen molar-refractivity contribution in [3.05, 3.63) is 51.2 Å². The Morgan fingerprint density at radius 2 is 2.09 bits per heavy atom. The second-order valence-corrected chi connectivity index (χ2v) is 6.68. The van der Waals surface area contributed by atoms with Gasteiger partial charge in [-0.15, -0.1) is 11.3 Å². The molecule has 2 amide bonds. The molecule has 0 radical (unpaired) electrons. The molecule has 23 heavy (non-hydrogen) atoms. The van der Waals surface area contributed by atoms with Gasteiger partial charge in [0.1, 0.15) is 5.75 Å². The summed E-state index contributed by atoms with van der Waals surface area (Å²) in [7, 11) is 3.49. The van der Waals surface area contributed by atoms with Gasteiger partial charge in [-0.2, -0.15) is 0 Å². The van der Waals surface area contributed by atoms with E-state index in [-0.39, 0.29) is 6.03 Å². The molecular weight excluding hydrogens is 308 g/mol. The summed E-state index contributed by atoms with van der Waals surface area (Å²) in [5.41, 5.74) is 3.54. The number of thiophene rings is 1. The van der Waals surface area contributed by atoms with Gasteiger partial charge in [0, 0.05) is 18.5 Å². The summed E-state index contributed by atoms with van der Waals surface area (Å²) < 4.78 is 5.37. The fourth-order valence-electron chi connectivity index (χ4n) is 2.40. The van der Waals surface area contributed by atoms with E-state index in [0.717, 1.165) is 17.7 Å². The maximum Gasteiger partial charge on any atom is 0.317 e. The van der Waals surface area contributed by atoms with E-state index >= 15 is 0 Å². The zero-order valence-corrected chi connectivity index (χ0v) is 15.0. The molecule has 0 aliphatic rings. The van der Waals surface area contributed by atoms with Crippen molar-refractivity contribution in [2.45, 2.75) is 26.8 Å². The van der Waals surface area contributed by atoms with Gasteiger partial charge < -0.3 is 15.0 Å². The monoisotopic (exact) mass is 332 g/mol. The van der Waals surface area contributed by atoms with Gasteiger partial charge in [-0.1, -0.05) is 17.7 Å². The van der Waals surface area contributed by atoms with E-state index in [9.17, 15) is 4.79 Å². The van der Waals surface area contributed by atoms with Crippen LogP contribution in [0.1, 0.15) is 21.6 Å².